The van der Waals surface area contributed by atoms with Crippen molar-refractivity contribution in [3.8, 4) is 0 Å². The van der Waals surface area contributed by atoms with Crippen molar-refractivity contribution in [2.24, 2.45) is 5.73 Å². The highest BCUT2D eigenvalue weighted by Crippen LogP contribution is 2.34. The summed E-state index contributed by atoms with van der Waals surface area (Å²) in [4.78, 5) is 0. The van der Waals surface area contributed by atoms with Crippen LogP contribution < -0.4 is 5.73 Å². The Morgan fingerprint density at radius 3 is 2.88 bits per heavy atom. The van der Waals surface area contributed by atoms with Crippen LogP contribution in [0.2, 0.25) is 0 Å². The molecule has 2 atom stereocenters. The van der Waals surface area contributed by atoms with E-state index in [2.05, 4.69) is 15.9 Å². The number of ether oxygens (including phenoxy) is 2. The molecule has 1 saturated heterocycles. The molecular formula is C12H16BrNO3. The van der Waals surface area contributed by atoms with Crippen LogP contribution >= 0.6 is 15.9 Å². The Morgan fingerprint density at radius 2 is 2.35 bits per heavy atom. The lowest BCUT2D eigenvalue weighted by Gasteiger charge is -2.24. The first kappa shape index (κ1) is 13.0. The summed E-state index contributed by atoms with van der Waals surface area (Å²) >= 11 is 3.49. The first-order chi connectivity index (χ1) is 8.07. The third-order valence-electron chi connectivity index (χ3n) is 3.09. The van der Waals surface area contributed by atoms with E-state index in [4.69, 9.17) is 15.2 Å². The van der Waals surface area contributed by atoms with E-state index in [0.29, 0.717) is 18.8 Å². The summed E-state index contributed by atoms with van der Waals surface area (Å²) in [6, 6.07) is 5.56. The predicted octanol–water partition coefficient (Wildman–Crippen LogP) is 1.66. The molecule has 2 unspecified atom stereocenters. The van der Waals surface area contributed by atoms with Crippen molar-refractivity contribution in [3.05, 3.63) is 33.8 Å². The number of aliphatic hydroxyl groups excluding tert-OH is 1. The SMILES string of the molecule is COC(O)c1ccc(C2(N)CCOC2)c(Br)c1. The van der Waals surface area contributed by atoms with Crippen LogP contribution in [-0.4, -0.2) is 25.4 Å². The van der Waals surface area contributed by atoms with Crippen molar-refractivity contribution < 1.29 is 14.6 Å². The van der Waals surface area contributed by atoms with Crippen LogP contribution in [0.4, 0.5) is 0 Å². The van der Waals surface area contributed by atoms with Crippen molar-refractivity contribution in [2.45, 2.75) is 18.2 Å². The molecular weight excluding hydrogens is 286 g/mol. The molecule has 4 nitrogen and oxygen atoms in total. The molecule has 1 aliphatic heterocycles. The lowest BCUT2D eigenvalue weighted by molar-refractivity contribution is -0.0769. The van der Waals surface area contributed by atoms with Gasteiger partial charge in [0.1, 0.15) is 0 Å². The van der Waals surface area contributed by atoms with Gasteiger partial charge in [0.2, 0.25) is 0 Å². The monoisotopic (exact) mass is 301 g/mol. The zero-order valence-corrected chi connectivity index (χ0v) is 11.2. The number of nitrogens with two attached hydrogens (primary N) is 1. The Balaban J connectivity index is 2.31. The Bertz CT molecular complexity index is 405. The van der Waals surface area contributed by atoms with Crippen molar-refractivity contribution in [1.82, 2.24) is 0 Å². The van der Waals surface area contributed by atoms with Crippen LogP contribution in [0.1, 0.15) is 23.8 Å². The van der Waals surface area contributed by atoms with Crippen LogP contribution in [0.15, 0.2) is 22.7 Å². The highest BCUT2D eigenvalue weighted by molar-refractivity contribution is 9.10. The van der Waals surface area contributed by atoms with Gasteiger partial charge >= 0.3 is 0 Å². The number of benzene rings is 1. The summed E-state index contributed by atoms with van der Waals surface area (Å²) in [5, 5.41) is 9.58. The van der Waals surface area contributed by atoms with E-state index in [-0.39, 0.29) is 0 Å². The summed E-state index contributed by atoms with van der Waals surface area (Å²) in [7, 11) is 1.46. The molecule has 1 fully saturated rings. The van der Waals surface area contributed by atoms with Crippen molar-refractivity contribution in [2.75, 3.05) is 20.3 Å². The van der Waals surface area contributed by atoms with Gasteiger partial charge in [0.15, 0.2) is 6.29 Å². The maximum atomic E-state index is 9.58. The van der Waals surface area contributed by atoms with E-state index in [1.54, 1.807) is 0 Å². The third kappa shape index (κ3) is 2.53. The molecule has 0 spiro atoms. The molecule has 0 saturated carbocycles. The van der Waals surface area contributed by atoms with Gasteiger partial charge in [0.25, 0.3) is 0 Å². The van der Waals surface area contributed by atoms with Crippen LogP contribution in [0.3, 0.4) is 0 Å². The fourth-order valence-corrected chi connectivity index (χ4v) is 2.81. The van der Waals surface area contributed by atoms with E-state index in [9.17, 15) is 5.11 Å². The van der Waals surface area contributed by atoms with Crippen molar-refractivity contribution in [3.63, 3.8) is 0 Å². The largest absolute Gasteiger partial charge is 0.379 e. The summed E-state index contributed by atoms with van der Waals surface area (Å²) in [5.74, 6) is 0. The predicted molar refractivity (Wildman–Crippen MR) is 67.4 cm³/mol. The summed E-state index contributed by atoms with van der Waals surface area (Å²) in [6.45, 7) is 1.21. The van der Waals surface area contributed by atoms with Gasteiger partial charge in [-0.2, -0.15) is 0 Å². The molecule has 5 heteroatoms. The maximum Gasteiger partial charge on any atom is 0.180 e. The molecule has 0 aromatic heterocycles. The molecule has 1 aromatic carbocycles. The van der Waals surface area contributed by atoms with E-state index in [1.165, 1.54) is 7.11 Å². The molecule has 0 bridgehead atoms. The summed E-state index contributed by atoms with van der Waals surface area (Å²) in [5.41, 5.74) is 7.56. The maximum absolute atomic E-state index is 9.58. The number of aliphatic hydroxyl groups is 1. The molecule has 0 radical (unpaired) electrons. The lowest BCUT2D eigenvalue weighted by Crippen LogP contribution is -2.37. The minimum absolute atomic E-state index is 0.435. The summed E-state index contributed by atoms with van der Waals surface area (Å²) in [6.07, 6.45) is -0.105. The lowest BCUT2D eigenvalue weighted by atomic mass is 9.90. The Hall–Kier alpha value is -0.460. The van der Waals surface area contributed by atoms with E-state index >= 15 is 0 Å². The Labute approximate surface area is 109 Å². The summed E-state index contributed by atoms with van der Waals surface area (Å²) < 4.78 is 11.1. The normalized spacial score (nSPS) is 26.1. The van der Waals surface area contributed by atoms with E-state index in [0.717, 1.165) is 16.5 Å². The Kier molecular flexibility index (Phi) is 3.85. The highest BCUT2D eigenvalue weighted by Gasteiger charge is 2.34. The van der Waals surface area contributed by atoms with Crippen LogP contribution in [-0.2, 0) is 15.0 Å². The van der Waals surface area contributed by atoms with Crippen molar-refractivity contribution >= 4 is 15.9 Å². The van der Waals surface area contributed by atoms with Crippen molar-refractivity contribution in [1.29, 1.82) is 0 Å². The first-order valence-corrected chi connectivity index (χ1v) is 6.23. The second-order valence-corrected chi connectivity index (χ2v) is 5.14. The van der Waals surface area contributed by atoms with E-state index < -0.39 is 11.8 Å². The molecule has 1 aliphatic rings. The number of rotatable bonds is 3. The van der Waals surface area contributed by atoms with Crippen LogP contribution in [0.5, 0.6) is 0 Å². The van der Waals surface area contributed by atoms with Gasteiger partial charge in [-0.05, 0) is 18.1 Å². The number of hydrogen-bond donors (Lipinski definition) is 2. The molecule has 2 rings (SSSR count). The second-order valence-electron chi connectivity index (χ2n) is 4.29. The van der Waals surface area contributed by atoms with Crippen LogP contribution in [0.25, 0.3) is 0 Å². The molecule has 3 N–H and O–H groups in total. The fourth-order valence-electron chi connectivity index (χ4n) is 2.02. The zero-order chi connectivity index (χ0) is 12.5. The average molecular weight is 302 g/mol. The Morgan fingerprint density at radius 1 is 1.59 bits per heavy atom. The minimum atomic E-state index is -0.908. The van der Waals surface area contributed by atoms with Gasteiger partial charge in [-0.1, -0.05) is 28.1 Å². The number of methoxy groups -OCH3 is 1. The first-order valence-electron chi connectivity index (χ1n) is 5.44. The van der Waals surface area contributed by atoms with Gasteiger partial charge < -0.3 is 20.3 Å². The third-order valence-corrected chi connectivity index (χ3v) is 3.75. The fraction of sp³-hybridized carbons (Fsp3) is 0.500. The molecule has 94 valence electrons. The van der Waals surface area contributed by atoms with Gasteiger partial charge in [-0.15, -0.1) is 0 Å². The highest BCUT2D eigenvalue weighted by atomic mass is 79.9. The molecule has 1 heterocycles. The molecule has 17 heavy (non-hydrogen) atoms. The standard InChI is InChI=1S/C12H16BrNO3/c1-16-11(15)8-2-3-9(10(13)6-8)12(14)4-5-17-7-12/h2-3,6,11,15H,4-5,7,14H2,1H3. The van der Waals surface area contributed by atoms with Gasteiger partial charge in [0.05, 0.1) is 12.1 Å². The van der Waals surface area contributed by atoms with E-state index in [1.807, 2.05) is 18.2 Å². The minimum Gasteiger partial charge on any atom is -0.379 e. The topological polar surface area (TPSA) is 64.7 Å². The smallest absolute Gasteiger partial charge is 0.180 e. The van der Waals surface area contributed by atoms with Gasteiger partial charge in [-0.3, -0.25) is 0 Å². The number of hydrogen-bond acceptors (Lipinski definition) is 4. The molecule has 0 aliphatic carbocycles. The molecule has 0 amide bonds. The zero-order valence-electron chi connectivity index (χ0n) is 9.65. The second kappa shape index (κ2) is 5.04. The molecule has 1 aromatic rings. The van der Waals surface area contributed by atoms with Gasteiger partial charge in [-0.25, -0.2) is 0 Å². The van der Waals surface area contributed by atoms with Gasteiger partial charge in [0, 0.05) is 23.8 Å². The average Bonchev–Trinajstić information content (AvgIpc) is 2.75. The van der Waals surface area contributed by atoms with Crippen LogP contribution in [0, 0.1) is 0 Å². The number of halogens is 1. The quantitative estimate of drug-likeness (QED) is 0.834.